The van der Waals surface area contributed by atoms with E-state index in [4.69, 9.17) is 9.15 Å². The van der Waals surface area contributed by atoms with Crippen molar-refractivity contribution in [2.75, 3.05) is 31.2 Å². The van der Waals surface area contributed by atoms with Crippen LogP contribution in [0.2, 0.25) is 0 Å². The number of hydrogen-bond donors (Lipinski definition) is 0. The molecule has 5 rings (SSSR count). The van der Waals surface area contributed by atoms with Gasteiger partial charge in [0, 0.05) is 18.7 Å². The number of hydrogen-bond acceptors (Lipinski definition) is 8. The highest BCUT2D eigenvalue weighted by molar-refractivity contribution is 7.98. The fourth-order valence-corrected chi connectivity index (χ4v) is 4.08. The Bertz CT molecular complexity index is 1160. The summed E-state index contributed by atoms with van der Waals surface area (Å²) in [7, 11) is 0. The average Bonchev–Trinajstić information content (AvgIpc) is 3.46. The lowest BCUT2D eigenvalue weighted by atomic mass is 10.2. The number of nitrogens with zero attached hydrogens (tertiary/aromatic N) is 6. The van der Waals surface area contributed by atoms with Crippen molar-refractivity contribution in [3.8, 4) is 17.1 Å². The van der Waals surface area contributed by atoms with Crippen molar-refractivity contribution in [2.45, 2.75) is 10.9 Å². The van der Waals surface area contributed by atoms with Gasteiger partial charge >= 0.3 is 0 Å². The van der Waals surface area contributed by atoms with Crippen LogP contribution in [0.3, 0.4) is 0 Å². The van der Waals surface area contributed by atoms with Crippen molar-refractivity contribution in [1.29, 1.82) is 0 Å². The third kappa shape index (κ3) is 4.30. The summed E-state index contributed by atoms with van der Waals surface area (Å²) in [4.78, 5) is 2.09. The number of rotatable bonds is 6. The minimum absolute atomic E-state index is 0.320. The molecule has 2 aromatic heterocycles. The van der Waals surface area contributed by atoms with Gasteiger partial charge in [0.25, 0.3) is 0 Å². The summed E-state index contributed by atoms with van der Waals surface area (Å²) in [6.07, 6.45) is 0. The van der Waals surface area contributed by atoms with E-state index < -0.39 is 0 Å². The summed E-state index contributed by atoms with van der Waals surface area (Å²) in [5, 5.41) is 17.6. The molecule has 1 aliphatic rings. The largest absolute Gasteiger partial charge is 0.420 e. The Morgan fingerprint density at radius 1 is 0.935 bits per heavy atom. The van der Waals surface area contributed by atoms with Crippen molar-refractivity contribution in [1.82, 2.24) is 25.0 Å². The minimum atomic E-state index is -0.320. The van der Waals surface area contributed by atoms with Crippen LogP contribution in [0.15, 0.2) is 64.2 Å². The van der Waals surface area contributed by atoms with Crippen molar-refractivity contribution >= 4 is 17.7 Å². The second kappa shape index (κ2) is 8.86. The van der Waals surface area contributed by atoms with Crippen LogP contribution in [-0.2, 0) is 10.5 Å². The molecule has 8 nitrogen and oxygen atoms in total. The van der Waals surface area contributed by atoms with Gasteiger partial charge in [-0.05, 0) is 30.3 Å². The lowest BCUT2D eigenvalue weighted by molar-refractivity contribution is 0.122. The number of anilines is 1. The molecule has 1 fully saturated rings. The van der Waals surface area contributed by atoms with Crippen molar-refractivity contribution in [3.63, 3.8) is 0 Å². The van der Waals surface area contributed by atoms with E-state index >= 15 is 0 Å². The van der Waals surface area contributed by atoms with Crippen LogP contribution in [0.5, 0.6) is 0 Å². The van der Waals surface area contributed by atoms with E-state index in [9.17, 15) is 4.39 Å². The number of morpholine rings is 1. The van der Waals surface area contributed by atoms with E-state index in [1.54, 1.807) is 6.07 Å². The molecule has 31 heavy (non-hydrogen) atoms. The lowest BCUT2D eigenvalue weighted by Gasteiger charge is -2.27. The van der Waals surface area contributed by atoms with Crippen LogP contribution in [0.1, 0.15) is 5.89 Å². The zero-order valence-electron chi connectivity index (χ0n) is 16.5. The van der Waals surface area contributed by atoms with Gasteiger partial charge in [0.15, 0.2) is 5.16 Å². The Morgan fingerprint density at radius 2 is 1.77 bits per heavy atom. The molecule has 4 aromatic rings. The minimum Gasteiger partial charge on any atom is -0.420 e. The second-order valence-electron chi connectivity index (χ2n) is 6.85. The second-order valence-corrected chi connectivity index (χ2v) is 7.80. The summed E-state index contributed by atoms with van der Waals surface area (Å²) in [6.45, 7) is 2.62. The fourth-order valence-electron chi connectivity index (χ4n) is 3.30. The lowest BCUT2D eigenvalue weighted by Crippen LogP contribution is -2.37. The summed E-state index contributed by atoms with van der Waals surface area (Å²) < 4.78 is 27.0. The van der Waals surface area contributed by atoms with Gasteiger partial charge in [-0.15, -0.1) is 20.4 Å². The third-order valence-electron chi connectivity index (χ3n) is 4.79. The quantitative estimate of drug-likeness (QED) is 0.423. The maximum Gasteiger partial charge on any atom is 0.247 e. The van der Waals surface area contributed by atoms with E-state index in [0.29, 0.717) is 60.6 Å². The third-order valence-corrected chi connectivity index (χ3v) is 5.70. The first kappa shape index (κ1) is 19.7. The van der Waals surface area contributed by atoms with Crippen molar-refractivity contribution in [2.24, 2.45) is 0 Å². The van der Waals surface area contributed by atoms with Crippen LogP contribution in [0.25, 0.3) is 17.1 Å². The molecule has 3 heterocycles. The molecule has 10 heteroatoms. The SMILES string of the molecule is Fc1cccc(-n2c(SCc3nnc(-c4ccccc4)o3)nnc2N2CCOCC2)c1. The molecule has 0 N–H and O–H groups in total. The Kier molecular flexibility index (Phi) is 5.63. The number of benzene rings is 2. The zero-order chi connectivity index (χ0) is 21.0. The predicted molar refractivity (Wildman–Crippen MR) is 114 cm³/mol. The van der Waals surface area contributed by atoms with Gasteiger partial charge in [0.1, 0.15) is 5.82 Å². The Balaban J connectivity index is 1.41. The van der Waals surface area contributed by atoms with E-state index in [2.05, 4.69) is 25.3 Å². The van der Waals surface area contributed by atoms with Gasteiger partial charge in [-0.3, -0.25) is 4.57 Å². The van der Waals surface area contributed by atoms with Gasteiger partial charge in [-0.25, -0.2) is 4.39 Å². The van der Waals surface area contributed by atoms with Crippen LogP contribution < -0.4 is 4.90 Å². The molecular formula is C21H19FN6O2S. The van der Waals surface area contributed by atoms with E-state index in [0.717, 1.165) is 5.56 Å². The fraction of sp³-hybridized carbons (Fsp3) is 0.238. The smallest absolute Gasteiger partial charge is 0.247 e. The molecule has 2 aromatic carbocycles. The molecule has 0 spiro atoms. The first-order valence-corrected chi connectivity index (χ1v) is 10.8. The Morgan fingerprint density at radius 3 is 2.58 bits per heavy atom. The highest BCUT2D eigenvalue weighted by Gasteiger charge is 2.22. The maximum absolute atomic E-state index is 14.0. The van der Waals surface area contributed by atoms with Gasteiger partial charge in [0.2, 0.25) is 17.7 Å². The number of thioether (sulfide) groups is 1. The van der Waals surface area contributed by atoms with Crippen molar-refractivity contribution < 1.29 is 13.5 Å². The first-order valence-electron chi connectivity index (χ1n) is 9.82. The highest BCUT2D eigenvalue weighted by Crippen LogP contribution is 2.30. The molecule has 0 aliphatic carbocycles. The Labute approximate surface area is 182 Å². The highest BCUT2D eigenvalue weighted by atomic mass is 32.2. The Hall–Kier alpha value is -3.24. The number of ether oxygens (including phenoxy) is 1. The van der Waals surface area contributed by atoms with E-state index in [1.165, 1.54) is 23.9 Å². The summed E-state index contributed by atoms with van der Waals surface area (Å²) in [5.74, 6) is 1.70. The number of halogens is 1. The van der Waals surface area contributed by atoms with Gasteiger partial charge in [0.05, 0.1) is 24.7 Å². The van der Waals surface area contributed by atoms with E-state index in [1.807, 2.05) is 41.0 Å². The van der Waals surface area contributed by atoms with Crippen LogP contribution in [0.4, 0.5) is 10.3 Å². The normalized spacial score (nSPS) is 14.2. The molecule has 158 valence electrons. The molecule has 0 amide bonds. The van der Waals surface area contributed by atoms with Crippen molar-refractivity contribution in [3.05, 3.63) is 66.3 Å². The van der Waals surface area contributed by atoms with Gasteiger partial charge in [-0.1, -0.05) is 36.0 Å². The molecule has 1 aliphatic heterocycles. The molecule has 0 radical (unpaired) electrons. The van der Waals surface area contributed by atoms with E-state index in [-0.39, 0.29) is 5.82 Å². The number of aromatic nitrogens is 5. The van der Waals surface area contributed by atoms with Crippen LogP contribution >= 0.6 is 11.8 Å². The molecule has 0 saturated carbocycles. The topological polar surface area (TPSA) is 82.1 Å². The van der Waals surface area contributed by atoms with Crippen LogP contribution in [0, 0.1) is 5.82 Å². The molecular weight excluding hydrogens is 419 g/mol. The average molecular weight is 438 g/mol. The molecule has 0 bridgehead atoms. The maximum atomic E-state index is 14.0. The van der Waals surface area contributed by atoms with Gasteiger partial charge < -0.3 is 14.1 Å². The summed E-state index contributed by atoms with van der Waals surface area (Å²) in [5.41, 5.74) is 1.52. The van der Waals surface area contributed by atoms with Gasteiger partial charge in [-0.2, -0.15) is 0 Å². The molecule has 0 atom stereocenters. The summed E-state index contributed by atoms with van der Waals surface area (Å²) in [6, 6.07) is 16.0. The first-order chi connectivity index (χ1) is 15.3. The standard InChI is InChI=1S/C21H19FN6O2S/c22-16-7-4-8-17(13-16)28-20(27-9-11-29-12-10-27)25-26-21(28)31-14-18-23-24-19(30-18)15-5-2-1-3-6-15/h1-8,13H,9-12,14H2. The molecule has 1 saturated heterocycles. The molecule has 0 unspecified atom stereocenters. The monoisotopic (exact) mass is 438 g/mol. The summed E-state index contributed by atoms with van der Waals surface area (Å²) >= 11 is 1.41. The van der Waals surface area contributed by atoms with Crippen LogP contribution in [-0.4, -0.2) is 51.3 Å². The zero-order valence-corrected chi connectivity index (χ0v) is 17.3. The predicted octanol–water partition coefficient (Wildman–Crippen LogP) is 3.59.